The quantitative estimate of drug-likeness (QED) is 0.164. The molecule has 0 radical (unpaired) electrons. The van der Waals surface area contributed by atoms with Gasteiger partial charge >= 0.3 is 0 Å². The van der Waals surface area contributed by atoms with Crippen LogP contribution in [0.4, 0.5) is 17.1 Å². The summed E-state index contributed by atoms with van der Waals surface area (Å²) in [6.07, 6.45) is 0. The van der Waals surface area contributed by atoms with Gasteiger partial charge < -0.3 is 4.90 Å². The maximum absolute atomic E-state index is 9.63. The smallest absolute Gasteiger partial charge is 0.0645 e. The second-order valence-corrected chi connectivity index (χ2v) is 12.0. The van der Waals surface area contributed by atoms with E-state index in [0.717, 1.165) is 38.2 Å². The molecule has 240 valence electrons. The molecule has 0 saturated carbocycles. The fourth-order valence-electron chi connectivity index (χ4n) is 6.41. The zero-order chi connectivity index (χ0) is 45.3. The van der Waals surface area contributed by atoms with Crippen LogP contribution in [0.15, 0.2) is 212 Å². The van der Waals surface area contributed by atoms with Gasteiger partial charge in [0.2, 0.25) is 0 Å². The summed E-state index contributed by atoms with van der Waals surface area (Å²) in [5.41, 5.74) is 1.99. The summed E-state index contributed by atoms with van der Waals surface area (Å²) >= 11 is 0. The lowest BCUT2D eigenvalue weighted by molar-refractivity contribution is 1.28. The molecule has 0 amide bonds. The van der Waals surface area contributed by atoms with Crippen molar-refractivity contribution in [3.8, 4) is 44.5 Å². The van der Waals surface area contributed by atoms with Gasteiger partial charge in [0.05, 0.1) is 17.8 Å². The van der Waals surface area contributed by atoms with E-state index in [1.54, 1.807) is 30.3 Å². The van der Waals surface area contributed by atoms with Crippen molar-refractivity contribution in [3.63, 3.8) is 0 Å². The summed E-state index contributed by atoms with van der Waals surface area (Å²) in [5, 5.41) is 3.81. The molecule has 9 aromatic carbocycles. The molecular weight excluding hydrogens is 615 g/mol. The Kier molecular flexibility index (Phi) is 5.08. The number of benzene rings is 9. The van der Waals surface area contributed by atoms with Crippen LogP contribution >= 0.6 is 0 Å². The number of fused-ring (bicyclic) bond motifs is 2. The first kappa shape index (κ1) is 19.5. The SMILES string of the molecule is [2H]c1c([2H])c([2H])c(-c2c([2H])c([2H])c(N(c3ccc(-c4ccc5ccccc5c4)cc3)c3c([2H])c([2H])c(-c4ccc5ccccc5c4-c4ccccc4)c([2H])c3[2H])c([2H])c2[2H])c([2H])c1[2H]. The van der Waals surface area contributed by atoms with E-state index in [-0.39, 0.29) is 16.9 Å². The van der Waals surface area contributed by atoms with Gasteiger partial charge in [-0.25, -0.2) is 0 Å². The van der Waals surface area contributed by atoms with Crippen molar-refractivity contribution in [2.75, 3.05) is 4.90 Å². The Morgan fingerprint density at radius 1 is 0.333 bits per heavy atom. The maximum atomic E-state index is 9.63. The topological polar surface area (TPSA) is 3.24 Å². The molecular formula is C50H35N. The second-order valence-electron chi connectivity index (χ2n) is 12.0. The molecule has 0 N–H and O–H groups in total. The van der Waals surface area contributed by atoms with Gasteiger partial charge in [0, 0.05) is 17.1 Å². The minimum atomic E-state index is -0.733. The van der Waals surface area contributed by atoms with Crippen LogP contribution in [0.3, 0.4) is 0 Å². The van der Waals surface area contributed by atoms with Crippen LogP contribution in [0.1, 0.15) is 17.8 Å². The highest BCUT2D eigenvalue weighted by Crippen LogP contribution is 2.41. The summed E-state index contributed by atoms with van der Waals surface area (Å²) in [6.45, 7) is 0. The van der Waals surface area contributed by atoms with E-state index >= 15 is 0 Å². The van der Waals surface area contributed by atoms with Crippen molar-refractivity contribution in [2.24, 2.45) is 0 Å². The van der Waals surface area contributed by atoms with Gasteiger partial charge in [0.1, 0.15) is 0 Å². The highest BCUT2D eigenvalue weighted by molar-refractivity contribution is 6.04. The van der Waals surface area contributed by atoms with Gasteiger partial charge in [-0.1, -0.05) is 170 Å². The summed E-state index contributed by atoms with van der Waals surface area (Å²) in [5.74, 6) is 0. The Balaban J connectivity index is 1.31. The Labute approximate surface area is 317 Å². The van der Waals surface area contributed by atoms with E-state index in [9.17, 15) is 11.0 Å². The Bertz CT molecular complexity index is 3280. The fraction of sp³-hybridized carbons (Fsp3) is 0. The van der Waals surface area contributed by atoms with Gasteiger partial charge in [-0.05, 0) is 108 Å². The molecule has 0 saturated heterocycles. The summed E-state index contributed by atoms with van der Waals surface area (Å²) in [7, 11) is 0. The molecule has 0 aliphatic carbocycles. The van der Waals surface area contributed by atoms with Crippen LogP contribution < -0.4 is 4.90 Å². The van der Waals surface area contributed by atoms with Crippen LogP contribution in [-0.4, -0.2) is 0 Å². The molecule has 9 rings (SSSR count). The van der Waals surface area contributed by atoms with Crippen LogP contribution in [0.2, 0.25) is 0 Å². The van der Waals surface area contributed by atoms with E-state index in [2.05, 4.69) is 0 Å². The number of rotatable bonds is 7. The van der Waals surface area contributed by atoms with Gasteiger partial charge in [-0.2, -0.15) is 0 Å². The van der Waals surface area contributed by atoms with Gasteiger partial charge in [-0.15, -0.1) is 0 Å². The molecule has 0 spiro atoms. The first-order valence-electron chi connectivity index (χ1n) is 23.0. The van der Waals surface area contributed by atoms with E-state index in [0.29, 0.717) is 11.1 Å². The van der Waals surface area contributed by atoms with Crippen molar-refractivity contribution in [1.82, 2.24) is 0 Å². The number of nitrogens with zero attached hydrogens (tertiary/aromatic N) is 1. The molecule has 0 unspecified atom stereocenters. The molecule has 0 aliphatic rings. The first-order chi connectivity index (χ1) is 30.7. The highest BCUT2D eigenvalue weighted by Gasteiger charge is 2.16. The minimum absolute atomic E-state index is 0.0195. The molecule has 0 aromatic heterocycles. The molecule has 0 heterocycles. The standard InChI is InChI=1S/C50H35N/c1-3-11-36(12-4-1)38-21-28-45(29-22-38)51(46-30-23-39(24-31-46)44-20-19-37-13-7-8-17-43(37)35-44)47-32-25-41(26-33-47)49-34-27-40-14-9-10-18-48(40)50(49)42-15-5-2-6-16-42/h1-35H/i1D,3D,4D,11D,12D,21D,22D,25D,26D,28D,29D,32D,33D. The van der Waals surface area contributed by atoms with Gasteiger partial charge in [0.15, 0.2) is 0 Å². The monoisotopic (exact) mass is 662 g/mol. The number of hydrogen-bond donors (Lipinski definition) is 0. The van der Waals surface area contributed by atoms with Crippen molar-refractivity contribution in [3.05, 3.63) is 212 Å². The summed E-state index contributed by atoms with van der Waals surface area (Å²) in [6, 6.07) is 33.2. The fourth-order valence-corrected chi connectivity index (χ4v) is 6.41. The van der Waals surface area contributed by atoms with Crippen molar-refractivity contribution < 1.29 is 17.8 Å². The van der Waals surface area contributed by atoms with Crippen LogP contribution in [0.5, 0.6) is 0 Å². The predicted octanol–water partition coefficient (Wildman–Crippen LogP) is 14.1. The van der Waals surface area contributed by atoms with Gasteiger partial charge in [-0.3, -0.25) is 0 Å². The number of hydrogen-bond acceptors (Lipinski definition) is 1. The third-order valence-electron chi connectivity index (χ3n) is 8.89. The van der Waals surface area contributed by atoms with Crippen LogP contribution in [0, 0.1) is 0 Å². The van der Waals surface area contributed by atoms with Crippen molar-refractivity contribution in [1.29, 1.82) is 0 Å². The molecule has 9 aromatic rings. The normalized spacial score (nSPS) is 14.7. The summed E-state index contributed by atoms with van der Waals surface area (Å²) < 4.78 is 117. The second kappa shape index (κ2) is 13.3. The lowest BCUT2D eigenvalue weighted by atomic mass is 9.90. The van der Waals surface area contributed by atoms with E-state index < -0.39 is 95.4 Å². The average molecular weight is 663 g/mol. The average Bonchev–Trinajstić information content (AvgIpc) is 3.32. The van der Waals surface area contributed by atoms with E-state index in [4.69, 9.17) is 6.85 Å². The molecule has 0 atom stereocenters. The van der Waals surface area contributed by atoms with Gasteiger partial charge in [0.25, 0.3) is 0 Å². The predicted molar refractivity (Wildman–Crippen MR) is 218 cm³/mol. The lowest BCUT2D eigenvalue weighted by Crippen LogP contribution is -2.09. The Morgan fingerprint density at radius 3 is 1.63 bits per heavy atom. The third-order valence-corrected chi connectivity index (χ3v) is 8.89. The molecule has 0 fully saturated rings. The molecule has 0 bridgehead atoms. The highest BCUT2D eigenvalue weighted by atomic mass is 15.1. The summed E-state index contributed by atoms with van der Waals surface area (Å²) in [4.78, 5) is 1.18. The number of anilines is 3. The zero-order valence-corrected chi connectivity index (χ0v) is 27.1. The Hall–Kier alpha value is -6.70. The van der Waals surface area contributed by atoms with Crippen molar-refractivity contribution in [2.45, 2.75) is 0 Å². The largest absolute Gasteiger partial charge is 0.311 e. The molecule has 1 nitrogen and oxygen atoms in total. The van der Waals surface area contributed by atoms with Crippen LogP contribution in [0.25, 0.3) is 66.1 Å². The zero-order valence-electron chi connectivity index (χ0n) is 40.1. The van der Waals surface area contributed by atoms with E-state index in [1.807, 2.05) is 103 Å². The Morgan fingerprint density at radius 2 is 0.902 bits per heavy atom. The first-order valence-corrected chi connectivity index (χ1v) is 16.5. The van der Waals surface area contributed by atoms with E-state index in [1.165, 1.54) is 4.90 Å². The maximum Gasteiger partial charge on any atom is 0.0645 e. The molecule has 0 aliphatic heterocycles. The van der Waals surface area contributed by atoms with Crippen molar-refractivity contribution >= 4 is 38.6 Å². The molecule has 1 heteroatoms. The minimum Gasteiger partial charge on any atom is -0.311 e. The molecule has 51 heavy (non-hydrogen) atoms. The lowest BCUT2D eigenvalue weighted by Gasteiger charge is -2.26. The third kappa shape index (κ3) is 5.96. The van der Waals surface area contributed by atoms with Crippen LogP contribution in [-0.2, 0) is 0 Å².